The highest BCUT2D eigenvalue weighted by molar-refractivity contribution is 5.91. The molecule has 0 bridgehead atoms. The van der Waals surface area contributed by atoms with Gasteiger partial charge in [0, 0.05) is 36.7 Å². The van der Waals surface area contributed by atoms with Gasteiger partial charge in [0.25, 0.3) is 0 Å². The fourth-order valence-electron chi connectivity index (χ4n) is 4.83. The van der Waals surface area contributed by atoms with Crippen LogP contribution in [0.4, 0.5) is 0 Å². The topological polar surface area (TPSA) is 76.1 Å². The molecular formula is C22H21NO5. The second-order valence-electron chi connectivity index (χ2n) is 7.81. The Hall–Kier alpha value is -2.86. The first-order chi connectivity index (χ1) is 13.6. The number of ether oxygens (including phenoxy) is 2. The largest absolute Gasteiger partial charge is 0.481 e. The van der Waals surface area contributed by atoms with Crippen LogP contribution in [0.5, 0.6) is 11.5 Å². The highest BCUT2D eigenvalue weighted by Gasteiger charge is 2.55. The second-order valence-corrected chi connectivity index (χ2v) is 7.81. The van der Waals surface area contributed by atoms with Gasteiger partial charge in [-0.25, -0.2) is 0 Å². The molecule has 2 fully saturated rings. The monoisotopic (exact) mass is 379 g/mol. The van der Waals surface area contributed by atoms with E-state index in [4.69, 9.17) is 9.47 Å². The van der Waals surface area contributed by atoms with Crippen molar-refractivity contribution in [2.45, 2.75) is 12.3 Å². The number of para-hydroxylation sites is 2. The van der Waals surface area contributed by atoms with Gasteiger partial charge in [-0.2, -0.15) is 0 Å². The van der Waals surface area contributed by atoms with Gasteiger partial charge in [0.2, 0.25) is 5.91 Å². The van der Waals surface area contributed by atoms with Gasteiger partial charge in [0.05, 0.1) is 17.9 Å². The smallest absolute Gasteiger partial charge is 0.311 e. The number of nitrogens with zero attached hydrogens (tertiary/aromatic N) is 1. The molecule has 6 heteroatoms. The molecule has 28 heavy (non-hydrogen) atoms. The predicted molar refractivity (Wildman–Crippen MR) is 100 cm³/mol. The number of carbonyl (C=O) groups is 2. The van der Waals surface area contributed by atoms with E-state index in [0.717, 1.165) is 11.1 Å². The van der Waals surface area contributed by atoms with E-state index < -0.39 is 17.3 Å². The Bertz CT molecular complexity index is 912. The SMILES string of the molecule is O=C(C1c2ccccc2Oc2ccccc21)N1C[C@H]2COCC[C@@]2(C(=O)O)C1. The molecule has 0 radical (unpaired) electrons. The third-order valence-corrected chi connectivity index (χ3v) is 6.37. The van der Waals surface area contributed by atoms with Gasteiger partial charge in [-0.3, -0.25) is 9.59 Å². The van der Waals surface area contributed by atoms with Gasteiger partial charge < -0.3 is 19.5 Å². The predicted octanol–water partition coefficient (Wildman–Crippen LogP) is 2.87. The molecule has 1 amide bonds. The van der Waals surface area contributed by atoms with E-state index in [9.17, 15) is 14.7 Å². The van der Waals surface area contributed by atoms with Crippen LogP contribution in [0.15, 0.2) is 48.5 Å². The summed E-state index contributed by atoms with van der Waals surface area (Å²) in [5, 5.41) is 9.91. The van der Waals surface area contributed by atoms with E-state index in [1.807, 2.05) is 48.5 Å². The molecule has 0 aliphatic carbocycles. The molecular weight excluding hydrogens is 358 g/mol. The fraction of sp³-hybridized carbons (Fsp3) is 0.364. The Kier molecular flexibility index (Phi) is 3.91. The molecule has 6 nitrogen and oxygen atoms in total. The lowest BCUT2D eigenvalue weighted by atomic mass is 9.74. The van der Waals surface area contributed by atoms with Gasteiger partial charge in [0.1, 0.15) is 11.5 Å². The number of benzene rings is 2. The zero-order chi connectivity index (χ0) is 19.3. The lowest BCUT2D eigenvalue weighted by molar-refractivity contribution is -0.157. The number of carbonyl (C=O) groups excluding carboxylic acids is 1. The Balaban J connectivity index is 1.54. The molecule has 2 atom stereocenters. The van der Waals surface area contributed by atoms with Crippen LogP contribution in [0.3, 0.4) is 0 Å². The summed E-state index contributed by atoms with van der Waals surface area (Å²) in [5.74, 6) is -0.219. The van der Waals surface area contributed by atoms with E-state index in [-0.39, 0.29) is 18.4 Å². The van der Waals surface area contributed by atoms with Crippen molar-refractivity contribution in [2.75, 3.05) is 26.3 Å². The number of rotatable bonds is 2. The first-order valence-electron chi connectivity index (χ1n) is 9.56. The standard InChI is InChI=1S/C22H21NO5/c24-20(23-11-14-12-27-10-9-22(14,13-23)21(25)26)19-15-5-1-3-7-17(15)28-18-8-4-2-6-16(18)19/h1-8,14,19H,9-13H2,(H,25,26)/t14-,22+/m0/s1. The third-order valence-electron chi connectivity index (χ3n) is 6.37. The minimum atomic E-state index is -0.905. The highest BCUT2D eigenvalue weighted by atomic mass is 16.5. The van der Waals surface area contributed by atoms with Crippen molar-refractivity contribution < 1.29 is 24.2 Å². The van der Waals surface area contributed by atoms with Crippen LogP contribution in [0.1, 0.15) is 23.5 Å². The van der Waals surface area contributed by atoms with Crippen molar-refractivity contribution in [1.29, 1.82) is 0 Å². The van der Waals surface area contributed by atoms with Crippen LogP contribution in [0, 0.1) is 11.3 Å². The first kappa shape index (κ1) is 17.3. The molecule has 3 aliphatic heterocycles. The van der Waals surface area contributed by atoms with E-state index in [1.165, 1.54) is 0 Å². The molecule has 5 rings (SSSR count). The number of amides is 1. The molecule has 0 aromatic heterocycles. The third kappa shape index (κ3) is 2.44. The maximum atomic E-state index is 13.7. The number of fused-ring (bicyclic) bond motifs is 3. The minimum absolute atomic E-state index is 0.0711. The summed E-state index contributed by atoms with van der Waals surface area (Å²) in [6.07, 6.45) is 0.442. The average molecular weight is 379 g/mol. The van der Waals surface area contributed by atoms with Crippen molar-refractivity contribution in [3.63, 3.8) is 0 Å². The Morgan fingerprint density at radius 2 is 1.68 bits per heavy atom. The second kappa shape index (κ2) is 6.34. The minimum Gasteiger partial charge on any atom is -0.481 e. The van der Waals surface area contributed by atoms with Crippen LogP contribution >= 0.6 is 0 Å². The normalized spacial score (nSPS) is 26.0. The van der Waals surface area contributed by atoms with Crippen LogP contribution in [-0.2, 0) is 14.3 Å². The van der Waals surface area contributed by atoms with Gasteiger partial charge >= 0.3 is 5.97 Å². The number of hydrogen-bond donors (Lipinski definition) is 1. The summed E-state index contributed by atoms with van der Waals surface area (Å²) < 4.78 is 11.5. The number of likely N-dealkylation sites (tertiary alicyclic amines) is 1. The van der Waals surface area contributed by atoms with Crippen LogP contribution < -0.4 is 4.74 Å². The summed E-state index contributed by atoms with van der Waals surface area (Å²) in [6.45, 7) is 1.45. The lowest BCUT2D eigenvalue weighted by Gasteiger charge is -2.34. The summed E-state index contributed by atoms with van der Waals surface area (Å²) >= 11 is 0. The quantitative estimate of drug-likeness (QED) is 0.868. The van der Waals surface area contributed by atoms with E-state index >= 15 is 0 Å². The summed E-state index contributed by atoms with van der Waals surface area (Å²) in [5.41, 5.74) is 0.737. The lowest BCUT2D eigenvalue weighted by Crippen LogP contribution is -2.45. The highest BCUT2D eigenvalue weighted by Crippen LogP contribution is 2.47. The number of aliphatic carboxylic acids is 1. The van der Waals surface area contributed by atoms with Crippen molar-refractivity contribution in [1.82, 2.24) is 4.90 Å². The molecule has 2 aromatic carbocycles. The van der Waals surface area contributed by atoms with Crippen LogP contribution in [0.2, 0.25) is 0 Å². The van der Waals surface area contributed by atoms with Crippen molar-refractivity contribution in [3.8, 4) is 11.5 Å². The summed E-state index contributed by atoms with van der Waals surface area (Å²) in [7, 11) is 0. The van der Waals surface area contributed by atoms with Gasteiger partial charge in [-0.05, 0) is 18.6 Å². The Morgan fingerprint density at radius 1 is 1.04 bits per heavy atom. The number of carboxylic acid groups (broad SMARTS) is 1. The number of carboxylic acids is 1. The summed E-state index contributed by atoms with van der Waals surface area (Å²) in [4.78, 5) is 27.5. The van der Waals surface area contributed by atoms with Crippen LogP contribution in [0.25, 0.3) is 0 Å². The van der Waals surface area contributed by atoms with Crippen molar-refractivity contribution in [3.05, 3.63) is 59.7 Å². The van der Waals surface area contributed by atoms with Gasteiger partial charge in [0.15, 0.2) is 0 Å². The first-order valence-corrected chi connectivity index (χ1v) is 9.56. The zero-order valence-electron chi connectivity index (χ0n) is 15.3. The fourth-order valence-corrected chi connectivity index (χ4v) is 4.83. The Labute approximate surface area is 162 Å². The molecule has 0 unspecified atom stereocenters. The zero-order valence-corrected chi connectivity index (χ0v) is 15.3. The Morgan fingerprint density at radius 3 is 2.29 bits per heavy atom. The van der Waals surface area contributed by atoms with Crippen molar-refractivity contribution >= 4 is 11.9 Å². The molecule has 0 saturated carbocycles. The molecule has 0 spiro atoms. The van der Waals surface area contributed by atoms with Crippen molar-refractivity contribution in [2.24, 2.45) is 11.3 Å². The number of hydrogen-bond acceptors (Lipinski definition) is 4. The molecule has 2 saturated heterocycles. The molecule has 144 valence electrons. The average Bonchev–Trinajstić information content (AvgIpc) is 3.13. The maximum Gasteiger partial charge on any atom is 0.311 e. The molecule has 2 aromatic rings. The summed E-state index contributed by atoms with van der Waals surface area (Å²) in [6, 6.07) is 15.1. The van der Waals surface area contributed by atoms with Crippen LogP contribution in [-0.4, -0.2) is 48.2 Å². The van der Waals surface area contributed by atoms with E-state index in [0.29, 0.717) is 37.7 Å². The maximum absolute atomic E-state index is 13.7. The molecule has 3 aliphatic rings. The van der Waals surface area contributed by atoms with E-state index in [1.54, 1.807) is 4.90 Å². The van der Waals surface area contributed by atoms with Gasteiger partial charge in [-0.15, -0.1) is 0 Å². The molecule has 3 heterocycles. The molecule has 1 N–H and O–H groups in total. The van der Waals surface area contributed by atoms with E-state index in [2.05, 4.69) is 0 Å². The van der Waals surface area contributed by atoms with Gasteiger partial charge in [-0.1, -0.05) is 36.4 Å².